The van der Waals surface area contributed by atoms with Crippen LogP contribution in [0.15, 0.2) is 30.3 Å². The topological polar surface area (TPSA) is 53.5 Å². The molecule has 0 spiro atoms. The van der Waals surface area contributed by atoms with Gasteiger partial charge in [-0.1, -0.05) is 18.2 Å². The van der Waals surface area contributed by atoms with Crippen LogP contribution in [-0.4, -0.2) is 50.1 Å². The molecule has 2 aromatic rings. The molecule has 2 heterocycles. The molecule has 5 nitrogen and oxygen atoms in total. The summed E-state index contributed by atoms with van der Waals surface area (Å²) in [6, 6.07) is 10.2. The van der Waals surface area contributed by atoms with Crippen LogP contribution in [0, 0.1) is 6.92 Å². The number of para-hydroxylation sites is 1. The van der Waals surface area contributed by atoms with E-state index in [0.717, 1.165) is 22.3 Å². The molecule has 1 aliphatic heterocycles. The standard InChI is InChI=1S/C15H19N3O2S/c1-12-11-15(13-5-3-4-6-14(13)16-12)17-7-9-18(10-8-17)21(2,19)20/h3-6,11H,7-10H2,1-2H3. The molecule has 21 heavy (non-hydrogen) atoms. The van der Waals surface area contributed by atoms with Crippen molar-refractivity contribution >= 4 is 26.6 Å². The number of nitrogens with zero attached hydrogens (tertiary/aromatic N) is 3. The van der Waals surface area contributed by atoms with Crippen molar-refractivity contribution in [1.29, 1.82) is 0 Å². The number of aromatic nitrogens is 1. The molecular formula is C15H19N3O2S. The highest BCUT2D eigenvalue weighted by Crippen LogP contribution is 2.27. The van der Waals surface area contributed by atoms with Crippen molar-refractivity contribution in [3.63, 3.8) is 0 Å². The fourth-order valence-electron chi connectivity index (χ4n) is 2.81. The second-order valence-corrected chi connectivity index (χ2v) is 7.43. The van der Waals surface area contributed by atoms with Crippen molar-refractivity contribution in [3.8, 4) is 0 Å². The van der Waals surface area contributed by atoms with Crippen molar-refractivity contribution in [2.24, 2.45) is 0 Å². The van der Waals surface area contributed by atoms with Gasteiger partial charge in [0.15, 0.2) is 0 Å². The van der Waals surface area contributed by atoms with Crippen molar-refractivity contribution < 1.29 is 8.42 Å². The summed E-state index contributed by atoms with van der Waals surface area (Å²) in [5, 5.41) is 1.12. The van der Waals surface area contributed by atoms with E-state index in [1.165, 1.54) is 6.26 Å². The average molecular weight is 305 g/mol. The van der Waals surface area contributed by atoms with Gasteiger partial charge in [0, 0.05) is 42.9 Å². The summed E-state index contributed by atoms with van der Waals surface area (Å²) in [5.74, 6) is 0. The largest absolute Gasteiger partial charge is 0.368 e. The van der Waals surface area contributed by atoms with Crippen LogP contribution in [0.3, 0.4) is 0 Å². The number of hydrogen-bond donors (Lipinski definition) is 0. The Morgan fingerprint density at radius 1 is 1.10 bits per heavy atom. The molecule has 0 N–H and O–H groups in total. The van der Waals surface area contributed by atoms with Crippen molar-refractivity contribution in [2.75, 3.05) is 37.3 Å². The summed E-state index contributed by atoms with van der Waals surface area (Å²) in [5.41, 5.74) is 3.11. The van der Waals surface area contributed by atoms with Crippen LogP contribution < -0.4 is 4.90 Å². The summed E-state index contributed by atoms with van der Waals surface area (Å²) >= 11 is 0. The Morgan fingerprint density at radius 2 is 1.76 bits per heavy atom. The third kappa shape index (κ3) is 2.87. The van der Waals surface area contributed by atoms with Crippen molar-refractivity contribution in [3.05, 3.63) is 36.0 Å². The van der Waals surface area contributed by atoms with Gasteiger partial charge in [0.05, 0.1) is 11.8 Å². The number of anilines is 1. The molecule has 6 heteroatoms. The number of aryl methyl sites for hydroxylation is 1. The van der Waals surface area contributed by atoms with Gasteiger partial charge in [-0.05, 0) is 19.1 Å². The number of pyridine rings is 1. The molecule has 1 aliphatic rings. The Kier molecular flexibility index (Phi) is 3.59. The van der Waals surface area contributed by atoms with E-state index in [0.29, 0.717) is 26.2 Å². The lowest BCUT2D eigenvalue weighted by molar-refractivity contribution is 0.388. The number of rotatable bonds is 2. The molecule has 0 bridgehead atoms. The predicted molar refractivity (Wildman–Crippen MR) is 85.1 cm³/mol. The van der Waals surface area contributed by atoms with E-state index in [-0.39, 0.29) is 0 Å². The molecule has 0 amide bonds. The Labute approximate surface area is 125 Å². The molecule has 1 fully saturated rings. The van der Waals surface area contributed by atoms with Gasteiger partial charge >= 0.3 is 0 Å². The zero-order valence-corrected chi connectivity index (χ0v) is 13.1. The van der Waals surface area contributed by atoms with Gasteiger partial charge in [-0.25, -0.2) is 8.42 Å². The Balaban J connectivity index is 1.92. The van der Waals surface area contributed by atoms with Gasteiger partial charge < -0.3 is 4.90 Å². The minimum absolute atomic E-state index is 0.536. The van der Waals surface area contributed by atoms with Gasteiger partial charge in [0.25, 0.3) is 0 Å². The van der Waals surface area contributed by atoms with E-state index in [1.807, 2.05) is 25.1 Å². The Hall–Kier alpha value is -1.66. The van der Waals surface area contributed by atoms with Crippen LogP contribution in [0.1, 0.15) is 5.69 Å². The molecule has 3 rings (SSSR count). The maximum absolute atomic E-state index is 11.6. The third-order valence-electron chi connectivity index (χ3n) is 3.87. The minimum atomic E-state index is -3.09. The van der Waals surface area contributed by atoms with Crippen LogP contribution in [0.25, 0.3) is 10.9 Å². The second kappa shape index (κ2) is 5.27. The lowest BCUT2D eigenvalue weighted by atomic mass is 10.1. The first-order valence-corrected chi connectivity index (χ1v) is 8.86. The van der Waals surface area contributed by atoms with Gasteiger partial charge in [0.2, 0.25) is 10.0 Å². The van der Waals surface area contributed by atoms with Crippen LogP contribution in [0.2, 0.25) is 0 Å². The molecule has 0 radical (unpaired) electrons. The van der Waals surface area contributed by atoms with E-state index in [9.17, 15) is 8.42 Å². The lowest BCUT2D eigenvalue weighted by Gasteiger charge is -2.35. The number of hydrogen-bond acceptors (Lipinski definition) is 4. The molecule has 1 aromatic carbocycles. The molecule has 112 valence electrons. The third-order valence-corrected chi connectivity index (χ3v) is 5.17. The van der Waals surface area contributed by atoms with Gasteiger partial charge in [-0.15, -0.1) is 0 Å². The van der Waals surface area contributed by atoms with Gasteiger partial charge in [0.1, 0.15) is 0 Å². The molecule has 0 atom stereocenters. The zero-order valence-electron chi connectivity index (χ0n) is 12.3. The van der Waals surface area contributed by atoms with E-state index in [1.54, 1.807) is 4.31 Å². The van der Waals surface area contributed by atoms with Gasteiger partial charge in [-0.2, -0.15) is 4.31 Å². The Morgan fingerprint density at radius 3 is 2.43 bits per heavy atom. The minimum Gasteiger partial charge on any atom is -0.368 e. The number of benzene rings is 1. The first-order valence-electron chi connectivity index (χ1n) is 7.01. The molecule has 1 saturated heterocycles. The summed E-state index contributed by atoms with van der Waals surface area (Å²) in [6.07, 6.45) is 1.27. The number of fused-ring (bicyclic) bond motifs is 1. The first kappa shape index (κ1) is 14.3. The lowest BCUT2D eigenvalue weighted by Crippen LogP contribution is -2.48. The van der Waals surface area contributed by atoms with Crippen molar-refractivity contribution in [2.45, 2.75) is 6.92 Å². The molecule has 0 aliphatic carbocycles. The first-order chi connectivity index (χ1) is 9.95. The highest BCUT2D eigenvalue weighted by Gasteiger charge is 2.24. The fraction of sp³-hybridized carbons (Fsp3) is 0.400. The second-order valence-electron chi connectivity index (χ2n) is 5.45. The highest BCUT2D eigenvalue weighted by molar-refractivity contribution is 7.88. The highest BCUT2D eigenvalue weighted by atomic mass is 32.2. The Bertz CT molecular complexity index is 766. The van der Waals surface area contributed by atoms with Gasteiger partial charge in [-0.3, -0.25) is 4.98 Å². The van der Waals surface area contributed by atoms with Crippen LogP contribution >= 0.6 is 0 Å². The summed E-state index contributed by atoms with van der Waals surface area (Å²) < 4.78 is 24.7. The van der Waals surface area contributed by atoms with Crippen LogP contribution in [0.5, 0.6) is 0 Å². The normalized spacial score (nSPS) is 17.3. The quantitative estimate of drug-likeness (QED) is 0.846. The average Bonchev–Trinajstić information content (AvgIpc) is 2.45. The maximum Gasteiger partial charge on any atom is 0.211 e. The molecule has 1 aromatic heterocycles. The monoisotopic (exact) mass is 305 g/mol. The summed E-state index contributed by atoms with van der Waals surface area (Å²) in [6.45, 7) is 4.48. The maximum atomic E-state index is 11.6. The predicted octanol–water partition coefficient (Wildman–Crippen LogP) is 1.62. The molecule has 0 saturated carbocycles. The van der Waals surface area contributed by atoms with E-state index in [2.05, 4.69) is 22.0 Å². The smallest absolute Gasteiger partial charge is 0.211 e. The van der Waals surface area contributed by atoms with Crippen molar-refractivity contribution in [1.82, 2.24) is 9.29 Å². The number of piperazine rings is 1. The van der Waals surface area contributed by atoms with E-state index < -0.39 is 10.0 Å². The SMILES string of the molecule is Cc1cc(N2CCN(S(C)(=O)=O)CC2)c2ccccc2n1. The fourth-order valence-corrected chi connectivity index (χ4v) is 3.63. The molecule has 0 unspecified atom stereocenters. The summed E-state index contributed by atoms with van der Waals surface area (Å²) in [4.78, 5) is 6.80. The van der Waals surface area contributed by atoms with E-state index in [4.69, 9.17) is 0 Å². The van der Waals surface area contributed by atoms with Crippen LogP contribution in [0.4, 0.5) is 5.69 Å². The van der Waals surface area contributed by atoms with E-state index >= 15 is 0 Å². The summed E-state index contributed by atoms with van der Waals surface area (Å²) in [7, 11) is -3.09. The van der Waals surface area contributed by atoms with Crippen LogP contribution in [-0.2, 0) is 10.0 Å². The zero-order chi connectivity index (χ0) is 15.0. The molecular weight excluding hydrogens is 286 g/mol. The number of sulfonamides is 1.